The van der Waals surface area contributed by atoms with E-state index in [1.54, 1.807) is 11.0 Å². The summed E-state index contributed by atoms with van der Waals surface area (Å²) in [4.78, 5) is 31.5. The number of thiophene rings is 1. The maximum atomic E-state index is 13.1. The quantitative estimate of drug-likeness (QED) is 0.836. The molecule has 0 unspecified atom stereocenters. The lowest BCUT2D eigenvalue weighted by Gasteiger charge is -2.43. The summed E-state index contributed by atoms with van der Waals surface area (Å²) in [6, 6.07) is 5.88. The first-order valence-electron chi connectivity index (χ1n) is 10.5. The second-order valence-corrected chi connectivity index (χ2v) is 9.80. The molecule has 0 saturated carbocycles. The van der Waals surface area contributed by atoms with Crippen LogP contribution in [0.15, 0.2) is 28.4 Å². The van der Waals surface area contributed by atoms with E-state index in [1.165, 1.54) is 10.4 Å². The Hall–Kier alpha value is -1.96. The number of aliphatic hydroxyl groups excluding tert-OH is 1. The monoisotopic (exact) mass is 413 g/mol. The van der Waals surface area contributed by atoms with Gasteiger partial charge in [0.2, 0.25) is 0 Å². The van der Waals surface area contributed by atoms with Crippen molar-refractivity contribution in [1.29, 1.82) is 0 Å². The van der Waals surface area contributed by atoms with Gasteiger partial charge in [-0.25, -0.2) is 0 Å². The first-order chi connectivity index (χ1) is 14.0. The molecular formula is C22H27N3O3S. The van der Waals surface area contributed by atoms with Crippen LogP contribution in [0, 0.1) is 12.8 Å². The van der Waals surface area contributed by atoms with Gasteiger partial charge in [-0.1, -0.05) is 0 Å². The van der Waals surface area contributed by atoms with Crippen LogP contribution in [0.5, 0.6) is 0 Å². The van der Waals surface area contributed by atoms with E-state index in [0.717, 1.165) is 31.7 Å². The van der Waals surface area contributed by atoms with Crippen LogP contribution in [0.4, 0.5) is 0 Å². The molecule has 2 aromatic rings. The Morgan fingerprint density at radius 1 is 1.21 bits per heavy atom. The molecule has 29 heavy (non-hydrogen) atoms. The van der Waals surface area contributed by atoms with Gasteiger partial charge in [-0.05, 0) is 54.8 Å². The zero-order valence-corrected chi connectivity index (χ0v) is 17.5. The number of carbonyl (C=O) groups is 1. The Kier molecular flexibility index (Phi) is 4.84. The van der Waals surface area contributed by atoms with Gasteiger partial charge < -0.3 is 14.6 Å². The lowest BCUT2D eigenvalue weighted by Crippen LogP contribution is -2.47. The predicted octanol–water partition coefficient (Wildman–Crippen LogP) is 2.04. The minimum absolute atomic E-state index is 0.161. The molecule has 2 fully saturated rings. The number of pyridine rings is 1. The number of carbonyl (C=O) groups excluding carboxylic acids is 1. The van der Waals surface area contributed by atoms with Crippen molar-refractivity contribution in [3.05, 3.63) is 55.6 Å². The number of β-amino-alcohol motifs (C(OH)–C–C–N with tert-alkyl or cyclic N) is 1. The first kappa shape index (κ1) is 19.0. The molecule has 6 nitrogen and oxygen atoms in total. The minimum atomic E-state index is -0.475. The lowest BCUT2D eigenvalue weighted by atomic mass is 9.83. The van der Waals surface area contributed by atoms with E-state index >= 15 is 0 Å². The fraction of sp³-hybridized carbons (Fsp3) is 0.545. The van der Waals surface area contributed by atoms with Gasteiger partial charge in [-0.3, -0.25) is 14.5 Å². The Balaban J connectivity index is 1.39. The number of likely N-dealkylation sites (tertiary alicyclic amines) is 2. The highest BCUT2D eigenvalue weighted by Crippen LogP contribution is 2.36. The van der Waals surface area contributed by atoms with Gasteiger partial charge in [-0.2, -0.15) is 0 Å². The van der Waals surface area contributed by atoms with Gasteiger partial charge in [0.25, 0.3) is 11.5 Å². The maximum absolute atomic E-state index is 13.1. The third-order valence-electron chi connectivity index (χ3n) is 6.70. The van der Waals surface area contributed by atoms with Crippen molar-refractivity contribution in [2.24, 2.45) is 5.92 Å². The molecular weight excluding hydrogens is 386 g/mol. The fourth-order valence-corrected chi connectivity index (χ4v) is 6.15. The highest BCUT2D eigenvalue weighted by Gasteiger charge is 2.36. The normalized spacial score (nSPS) is 26.6. The van der Waals surface area contributed by atoms with Gasteiger partial charge >= 0.3 is 0 Å². The number of hydrogen-bond donors (Lipinski definition) is 1. The molecule has 1 N–H and O–H groups in total. The molecule has 7 heteroatoms. The van der Waals surface area contributed by atoms with Gasteiger partial charge in [0.1, 0.15) is 5.56 Å². The number of aliphatic hydroxyl groups is 1. The van der Waals surface area contributed by atoms with E-state index in [2.05, 4.69) is 23.3 Å². The first-order valence-corrected chi connectivity index (χ1v) is 11.3. The largest absolute Gasteiger partial charge is 0.391 e. The van der Waals surface area contributed by atoms with Gasteiger partial charge in [0.05, 0.1) is 6.10 Å². The van der Waals surface area contributed by atoms with Crippen LogP contribution in [-0.2, 0) is 13.1 Å². The van der Waals surface area contributed by atoms with Crippen LogP contribution in [0.25, 0.3) is 0 Å². The Bertz CT molecular complexity index is 997. The molecule has 0 aromatic carbocycles. The SMILES string of the molecule is Cc1ccsc1CN1C[C@@H]2C[C@H](C1)c1ccc(C(=O)N3CC[C@@H](O)C3)c(=O)n1C2. The second kappa shape index (κ2) is 7.38. The van der Waals surface area contributed by atoms with Crippen molar-refractivity contribution in [3.8, 4) is 0 Å². The number of amides is 1. The molecule has 1 amide bonds. The lowest BCUT2D eigenvalue weighted by molar-refractivity contribution is 0.0760. The number of nitrogens with zero attached hydrogens (tertiary/aromatic N) is 3. The molecule has 3 atom stereocenters. The van der Waals surface area contributed by atoms with E-state index in [4.69, 9.17) is 0 Å². The fourth-order valence-electron chi connectivity index (χ4n) is 5.20. The number of fused-ring (bicyclic) bond motifs is 4. The van der Waals surface area contributed by atoms with Crippen LogP contribution >= 0.6 is 11.3 Å². The summed E-state index contributed by atoms with van der Waals surface area (Å²) in [6.07, 6.45) is 1.23. The third-order valence-corrected chi connectivity index (χ3v) is 7.70. The van der Waals surface area contributed by atoms with Gasteiger partial charge in [0.15, 0.2) is 0 Å². The average molecular weight is 414 g/mol. The van der Waals surface area contributed by atoms with E-state index in [-0.39, 0.29) is 17.0 Å². The van der Waals surface area contributed by atoms with Crippen molar-refractivity contribution in [2.75, 3.05) is 26.2 Å². The van der Waals surface area contributed by atoms with Gasteiger partial charge in [0, 0.05) is 55.8 Å². The van der Waals surface area contributed by atoms with E-state index in [0.29, 0.717) is 37.9 Å². The molecule has 3 aliphatic heterocycles. The highest BCUT2D eigenvalue weighted by molar-refractivity contribution is 7.10. The molecule has 2 saturated heterocycles. The van der Waals surface area contributed by atoms with Crippen LogP contribution in [-0.4, -0.2) is 57.7 Å². The molecule has 0 radical (unpaired) electrons. The summed E-state index contributed by atoms with van der Waals surface area (Å²) in [5.41, 5.74) is 2.51. The molecule has 3 aliphatic rings. The van der Waals surface area contributed by atoms with Crippen molar-refractivity contribution < 1.29 is 9.90 Å². The van der Waals surface area contributed by atoms with Crippen molar-refractivity contribution in [2.45, 2.75) is 44.9 Å². The molecule has 2 aromatic heterocycles. The van der Waals surface area contributed by atoms with Crippen LogP contribution in [0.1, 0.15) is 45.3 Å². The topological polar surface area (TPSA) is 65.8 Å². The number of aryl methyl sites for hydroxylation is 1. The number of hydrogen-bond acceptors (Lipinski definition) is 5. The number of piperidine rings is 1. The van der Waals surface area contributed by atoms with Crippen LogP contribution < -0.4 is 5.56 Å². The highest BCUT2D eigenvalue weighted by atomic mass is 32.1. The molecule has 2 bridgehead atoms. The molecule has 154 valence electrons. The standard InChI is InChI=1S/C22H27N3O3S/c1-14-5-7-29-20(14)13-23-9-15-8-16(11-23)19-3-2-18(22(28)25(19)10-15)21(27)24-6-4-17(26)12-24/h2-3,5,7,15-17,26H,4,6,8-13H2,1H3/t15-,16+,17+/m0/s1. The van der Waals surface area contributed by atoms with Crippen molar-refractivity contribution >= 4 is 17.2 Å². The Labute approximate surface area is 174 Å². The molecule has 5 heterocycles. The Morgan fingerprint density at radius 3 is 2.79 bits per heavy atom. The molecule has 5 rings (SSSR count). The summed E-state index contributed by atoms with van der Waals surface area (Å²) in [5, 5.41) is 11.9. The van der Waals surface area contributed by atoms with E-state index < -0.39 is 6.10 Å². The second-order valence-electron chi connectivity index (χ2n) is 8.80. The summed E-state index contributed by atoms with van der Waals surface area (Å²) >= 11 is 1.82. The van der Waals surface area contributed by atoms with Gasteiger partial charge in [-0.15, -0.1) is 11.3 Å². The number of aromatic nitrogens is 1. The van der Waals surface area contributed by atoms with Crippen molar-refractivity contribution in [1.82, 2.24) is 14.4 Å². The summed E-state index contributed by atoms with van der Waals surface area (Å²) in [6.45, 7) is 6.63. The predicted molar refractivity (Wildman–Crippen MR) is 112 cm³/mol. The average Bonchev–Trinajstić information content (AvgIpc) is 3.30. The van der Waals surface area contributed by atoms with E-state index in [1.807, 2.05) is 22.0 Å². The zero-order valence-electron chi connectivity index (χ0n) is 16.7. The summed E-state index contributed by atoms with van der Waals surface area (Å²) in [5.74, 6) is 0.541. The number of rotatable bonds is 3. The third kappa shape index (κ3) is 3.45. The maximum Gasteiger partial charge on any atom is 0.263 e. The summed E-state index contributed by atoms with van der Waals surface area (Å²) in [7, 11) is 0. The molecule has 0 spiro atoms. The minimum Gasteiger partial charge on any atom is -0.391 e. The van der Waals surface area contributed by atoms with Crippen LogP contribution in [0.3, 0.4) is 0 Å². The van der Waals surface area contributed by atoms with E-state index in [9.17, 15) is 14.7 Å². The van der Waals surface area contributed by atoms with Crippen LogP contribution in [0.2, 0.25) is 0 Å². The van der Waals surface area contributed by atoms with Crippen molar-refractivity contribution in [3.63, 3.8) is 0 Å². The zero-order chi connectivity index (χ0) is 20.1. The smallest absolute Gasteiger partial charge is 0.263 e. The molecule has 0 aliphatic carbocycles. The summed E-state index contributed by atoms with van der Waals surface area (Å²) < 4.78 is 1.85. The Morgan fingerprint density at radius 2 is 2.07 bits per heavy atom.